The molecule has 0 saturated heterocycles. The van der Waals surface area contributed by atoms with Crippen LogP contribution in [0.4, 0.5) is 0 Å². The summed E-state index contributed by atoms with van der Waals surface area (Å²) in [5.74, 6) is 2.72. The second-order valence-corrected chi connectivity index (χ2v) is 9.55. The third kappa shape index (κ3) is 4.40. The van der Waals surface area contributed by atoms with Gasteiger partial charge < -0.3 is 18.9 Å². The van der Waals surface area contributed by atoms with E-state index in [4.69, 9.17) is 18.9 Å². The molecule has 6 aromatic rings. The molecule has 190 valence electrons. The molecule has 0 fully saturated rings. The number of benzene rings is 6. The number of fused-ring (bicyclic) bond motifs is 7. The average Bonchev–Trinajstić information content (AvgIpc) is 3.21. The molecule has 6 aromatic carbocycles. The fraction of sp³-hybridized carbons (Fsp3) is 0.0857. The van der Waals surface area contributed by atoms with Gasteiger partial charge >= 0.3 is 0 Å². The highest BCUT2D eigenvalue weighted by Crippen LogP contribution is 2.53. The van der Waals surface area contributed by atoms with Crippen LogP contribution in [0.25, 0.3) is 32.7 Å². The first-order valence-corrected chi connectivity index (χ1v) is 13.1. The van der Waals surface area contributed by atoms with Crippen LogP contribution in [-0.4, -0.2) is 6.79 Å². The summed E-state index contributed by atoms with van der Waals surface area (Å²) in [6.45, 7) is 0.910. The van der Waals surface area contributed by atoms with Crippen molar-refractivity contribution < 1.29 is 18.9 Å². The van der Waals surface area contributed by atoms with Crippen LogP contribution in [0.3, 0.4) is 0 Å². The molecule has 0 amide bonds. The topological polar surface area (TPSA) is 36.9 Å². The van der Waals surface area contributed by atoms with E-state index in [-0.39, 0.29) is 6.79 Å². The molecule has 0 aromatic heterocycles. The van der Waals surface area contributed by atoms with Gasteiger partial charge in [-0.15, -0.1) is 0 Å². The summed E-state index contributed by atoms with van der Waals surface area (Å²) >= 11 is 0. The first-order valence-electron chi connectivity index (χ1n) is 13.1. The van der Waals surface area contributed by atoms with Gasteiger partial charge in [0.1, 0.15) is 13.2 Å². The molecule has 39 heavy (non-hydrogen) atoms. The first-order chi connectivity index (χ1) is 19.3. The van der Waals surface area contributed by atoms with Gasteiger partial charge in [-0.05, 0) is 44.8 Å². The molecule has 0 unspecified atom stereocenters. The maximum absolute atomic E-state index is 6.41. The lowest BCUT2D eigenvalue weighted by atomic mass is 9.91. The van der Waals surface area contributed by atoms with Gasteiger partial charge in [0.15, 0.2) is 23.0 Å². The van der Waals surface area contributed by atoms with Crippen LogP contribution in [0.5, 0.6) is 23.0 Å². The monoisotopic (exact) mass is 510 g/mol. The smallest absolute Gasteiger partial charge is 0.231 e. The molecule has 1 heterocycles. The Morgan fingerprint density at radius 1 is 0.487 bits per heavy atom. The van der Waals surface area contributed by atoms with E-state index in [0.29, 0.717) is 36.2 Å². The minimum Gasteiger partial charge on any atom is -0.485 e. The Morgan fingerprint density at radius 2 is 0.897 bits per heavy atom. The number of rotatable bonds is 6. The molecule has 0 atom stereocenters. The Bertz CT molecular complexity index is 1650. The van der Waals surface area contributed by atoms with Crippen molar-refractivity contribution in [2.24, 2.45) is 0 Å². The molecule has 4 heteroatoms. The van der Waals surface area contributed by atoms with Crippen molar-refractivity contribution in [1.29, 1.82) is 0 Å². The van der Waals surface area contributed by atoms with Gasteiger partial charge in [-0.3, -0.25) is 0 Å². The standard InChI is InChI=1S/C35H26O4/c1-3-11-24(12-4-1)21-36-30-19-26-15-7-9-17-28(26)32-33-29-18-10-8-16-27(29)20-31(35(33)39-23-38-34(30)32)37-22-25-13-5-2-6-14-25/h1-20H,21-23H2. The van der Waals surface area contributed by atoms with E-state index in [9.17, 15) is 0 Å². The second-order valence-electron chi connectivity index (χ2n) is 9.55. The van der Waals surface area contributed by atoms with Crippen LogP contribution in [0.2, 0.25) is 0 Å². The maximum Gasteiger partial charge on any atom is 0.231 e. The van der Waals surface area contributed by atoms with Crippen molar-refractivity contribution in [3.8, 4) is 34.1 Å². The van der Waals surface area contributed by atoms with Crippen molar-refractivity contribution in [2.45, 2.75) is 13.2 Å². The van der Waals surface area contributed by atoms with Crippen molar-refractivity contribution in [3.63, 3.8) is 0 Å². The number of hydrogen-bond donors (Lipinski definition) is 0. The highest BCUT2D eigenvalue weighted by Gasteiger charge is 2.28. The van der Waals surface area contributed by atoms with Gasteiger partial charge in [0.2, 0.25) is 6.79 Å². The Balaban J connectivity index is 1.43. The molecular formula is C35H26O4. The first kappa shape index (κ1) is 23.2. The van der Waals surface area contributed by atoms with E-state index >= 15 is 0 Å². The van der Waals surface area contributed by atoms with Crippen molar-refractivity contribution in [1.82, 2.24) is 0 Å². The molecule has 0 radical (unpaired) electrons. The summed E-state index contributed by atoms with van der Waals surface area (Å²) in [6.07, 6.45) is 0. The van der Waals surface area contributed by atoms with Gasteiger partial charge in [-0.2, -0.15) is 0 Å². The molecule has 0 saturated carbocycles. The molecule has 0 aliphatic carbocycles. The van der Waals surface area contributed by atoms with E-state index in [1.807, 2.05) is 48.5 Å². The van der Waals surface area contributed by atoms with E-state index in [1.165, 1.54) is 0 Å². The van der Waals surface area contributed by atoms with Crippen molar-refractivity contribution in [3.05, 3.63) is 132 Å². The zero-order valence-corrected chi connectivity index (χ0v) is 21.3. The highest BCUT2D eigenvalue weighted by molar-refractivity contribution is 6.11. The quantitative estimate of drug-likeness (QED) is 0.225. The van der Waals surface area contributed by atoms with E-state index < -0.39 is 0 Å². The van der Waals surface area contributed by atoms with Gasteiger partial charge in [0.05, 0.1) is 0 Å². The summed E-state index contributed by atoms with van der Waals surface area (Å²) < 4.78 is 25.5. The van der Waals surface area contributed by atoms with E-state index in [0.717, 1.165) is 43.8 Å². The molecule has 4 nitrogen and oxygen atoms in total. The molecular weight excluding hydrogens is 484 g/mol. The SMILES string of the molecule is c1ccc(COc2cc3ccccc3c3c2OCOc2c(OCc4ccccc4)cc4ccccc4c2-3)cc1. The van der Waals surface area contributed by atoms with Crippen molar-refractivity contribution in [2.75, 3.05) is 6.79 Å². The molecule has 1 aliphatic rings. The molecule has 0 bridgehead atoms. The third-order valence-electron chi connectivity index (χ3n) is 7.07. The van der Waals surface area contributed by atoms with Crippen LogP contribution in [0.15, 0.2) is 121 Å². The minimum absolute atomic E-state index is 0.0417. The summed E-state index contributed by atoms with van der Waals surface area (Å²) in [5, 5.41) is 4.26. The molecule has 1 aliphatic heterocycles. The van der Waals surface area contributed by atoms with Gasteiger partial charge in [0.25, 0.3) is 0 Å². The predicted molar refractivity (Wildman–Crippen MR) is 155 cm³/mol. The summed E-state index contributed by atoms with van der Waals surface area (Å²) in [5.41, 5.74) is 4.08. The Hall–Kier alpha value is -4.96. The van der Waals surface area contributed by atoms with Gasteiger partial charge in [-0.25, -0.2) is 0 Å². The van der Waals surface area contributed by atoms with Gasteiger partial charge in [-0.1, -0.05) is 109 Å². The van der Waals surface area contributed by atoms with Crippen LogP contribution in [0, 0.1) is 0 Å². The lowest BCUT2D eigenvalue weighted by molar-refractivity contribution is 0.114. The fourth-order valence-corrected chi connectivity index (χ4v) is 5.22. The van der Waals surface area contributed by atoms with Crippen LogP contribution in [0.1, 0.15) is 11.1 Å². The number of ether oxygens (including phenoxy) is 4. The summed E-state index contributed by atoms with van der Waals surface area (Å²) in [4.78, 5) is 0. The van der Waals surface area contributed by atoms with E-state index in [1.54, 1.807) is 0 Å². The molecule has 0 N–H and O–H groups in total. The lowest BCUT2D eigenvalue weighted by Crippen LogP contribution is -2.06. The van der Waals surface area contributed by atoms with Crippen LogP contribution >= 0.6 is 0 Å². The van der Waals surface area contributed by atoms with Gasteiger partial charge in [0, 0.05) is 11.1 Å². The Kier molecular flexibility index (Phi) is 5.98. The normalized spacial score (nSPS) is 12.1. The van der Waals surface area contributed by atoms with E-state index in [2.05, 4.69) is 72.8 Å². The maximum atomic E-state index is 6.41. The largest absolute Gasteiger partial charge is 0.485 e. The van der Waals surface area contributed by atoms with Crippen LogP contribution < -0.4 is 18.9 Å². The fourth-order valence-electron chi connectivity index (χ4n) is 5.22. The predicted octanol–water partition coefficient (Wildman–Crippen LogP) is 8.55. The summed E-state index contributed by atoms with van der Waals surface area (Å²) in [6, 6.07) is 41.1. The summed E-state index contributed by atoms with van der Waals surface area (Å²) in [7, 11) is 0. The zero-order chi connectivity index (χ0) is 26.0. The molecule has 0 spiro atoms. The van der Waals surface area contributed by atoms with Crippen LogP contribution in [-0.2, 0) is 13.2 Å². The highest BCUT2D eigenvalue weighted by atomic mass is 16.7. The Morgan fingerprint density at radius 3 is 1.36 bits per heavy atom. The lowest BCUT2D eigenvalue weighted by Gasteiger charge is -2.19. The number of hydrogen-bond acceptors (Lipinski definition) is 4. The van der Waals surface area contributed by atoms with Crippen molar-refractivity contribution >= 4 is 21.5 Å². The minimum atomic E-state index is 0.0417. The second kappa shape index (κ2) is 10.1. The zero-order valence-electron chi connectivity index (χ0n) is 21.3. The molecule has 7 rings (SSSR count). The average molecular weight is 511 g/mol. The third-order valence-corrected chi connectivity index (χ3v) is 7.07. The Labute approximate surface area is 227 Å².